The molecule has 1 unspecified atom stereocenters. The van der Waals surface area contributed by atoms with Crippen molar-refractivity contribution in [3.63, 3.8) is 0 Å². The number of carbonyl (C=O) groups excluding carboxylic acids is 2. The van der Waals surface area contributed by atoms with E-state index in [9.17, 15) is 9.59 Å². The van der Waals surface area contributed by atoms with Crippen LogP contribution in [0.15, 0.2) is 24.3 Å². The van der Waals surface area contributed by atoms with Crippen molar-refractivity contribution < 1.29 is 9.59 Å². The topological polar surface area (TPSA) is 55.9 Å². The van der Waals surface area contributed by atoms with Crippen molar-refractivity contribution in [3.05, 3.63) is 29.8 Å². The molecule has 3 amide bonds. The first-order valence-corrected chi connectivity index (χ1v) is 11.8. The highest BCUT2D eigenvalue weighted by atomic mass is 16.2. The van der Waals surface area contributed by atoms with E-state index in [1.54, 1.807) is 0 Å². The van der Waals surface area contributed by atoms with Crippen LogP contribution in [0.1, 0.15) is 50.5 Å². The molecule has 2 heterocycles. The Kier molecular flexibility index (Phi) is 6.93. The van der Waals surface area contributed by atoms with E-state index in [1.807, 2.05) is 36.1 Å². The van der Waals surface area contributed by atoms with Gasteiger partial charge in [0.05, 0.1) is 6.04 Å². The molecule has 1 saturated carbocycles. The summed E-state index contributed by atoms with van der Waals surface area (Å²) in [6, 6.07) is 7.86. The number of nitrogens with one attached hydrogen (secondary N) is 1. The van der Waals surface area contributed by atoms with Gasteiger partial charge >= 0.3 is 6.03 Å². The van der Waals surface area contributed by atoms with E-state index in [1.165, 1.54) is 37.7 Å². The lowest BCUT2D eigenvalue weighted by Crippen LogP contribution is -2.59. The highest BCUT2D eigenvalue weighted by Gasteiger charge is 2.39. The highest BCUT2D eigenvalue weighted by Crippen LogP contribution is 2.32. The molecule has 3 aliphatic rings. The Morgan fingerprint density at radius 2 is 1.47 bits per heavy atom. The summed E-state index contributed by atoms with van der Waals surface area (Å²) >= 11 is 0. The molecule has 1 aromatic rings. The zero-order chi connectivity index (χ0) is 20.9. The zero-order valence-corrected chi connectivity index (χ0v) is 18.3. The fourth-order valence-electron chi connectivity index (χ4n) is 5.27. The van der Waals surface area contributed by atoms with Crippen molar-refractivity contribution in [2.75, 3.05) is 44.6 Å². The molecule has 3 fully saturated rings. The van der Waals surface area contributed by atoms with Crippen molar-refractivity contribution in [2.45, 2.75) is 57.9 Å². The second kappa shape index (κ2) is 9.82. The molecule has 1 atom stereocenters. The molecule has 1 aromatic carbocycles. The van der Waals surface area contributed by atoms with Crippen LogP contribution in [-0.2, 0) is 4.79 Å². The predicted octanol–water partition coefficient (Wildman–Crippen LogP) is 3.72. The summed E-state index contributed by atoms with van der Waals surface area (Å²) in [6.07, 6.45) is 8.33. The Balaban J connectivity index is 1.36. The van der Waals surface area contributed by atoms with Gasteiger partial charge in [-0.05, 0) is 57.1 Å². The molecule has 30 heavy (non-hydrogen) atoms. The lowest BCUT2D eigenvalue weighted by Gasteiger charge is -2.43. The second-order valence-corrected chi connectivity index (χ2v) is 9.19. The monoisotopic (exact) mass is 412 g/mol. The number of hydrogen-bond donors (Lipinski definition) is 1. The number of hydrogen-bond acceptors (Lipinski definition) is 3. The van der Waals surface area contributed by atoms with Crippen LogP contribution < -0.4 is 5.32 Å². The molecule has 1 aliphatic carbocycles. The maximum atomic E-state index is 13.5. The van der Waals surface area contributed by atoms with Gasteiger partial charge in [0.2, 0.25) is 5.91 Å². The first kappa shape index (κ1) is 21.2. The number of rotatable bonds is 4. The van der Waals surface area contributed by atoms with Crippen LogP contribution in [0.5, 0.6) is 0 Å². The fraction of sp³-hybridized carbons (Fsp3) is 0.667. The summed E-state index contributed by atoms with van der Waals surface area (Å²) in [5.74, 6) is 0.825. The average Bonchev–Trinajstić information content (AvgIpc) is 3.31. The van der Waals surface area contributed by atoms with Gasteiger partial charge in [0.1, 0.15) is 0 Å². The molecule has 1 N–H and O–H groups in total. The smallest absolute Gasteiger partial charge is 0.321 e. The van der Waals surface area contributed by atoms with Crippen LogP contribution in [0, 0.1) is 12.8 Å². The molecule has 2 saturated heterocycles. The number of carbonyl (C=O) groups is 2. The van der Waals surface area contributed by atoms with Crippen LogP contribution in [0.2, 0.25) is 0 Å². The van der Waals surface area contributed by atoms with Crippen LogP contribution in [0.3, 0.4) is 0 Å². The Bertz CT molecular complexity index is 715. The van der Waals surface area contributed by atoms with Crippen molar-refractivity contribution in [1.82, 2.24) is 14.7 Å². The van der Waals surface area contributed by atoms with Gasteiger partial charge in [-0.2, -0.15) is 0 Å². The molecule has 6 nitrogen and oxygen atoms in total. The van der Waals surface area contributed by atoms with Gasteiger partial charge in [-0.1, -0.05) is 30.5 Å². The molecule has 0 radical (unpaired) electrons. The van der Waals surface area contributed by atoms with E-state index >= 15 is 0 Å². The summed E-state index contributed by atoms with van der Waals surface area (Å²) in [7, 11) is 0. The Hall–Kier alpha value is -2.08. The standard InChI is InChI=1S/C24H36N4O2/c1-19-9-11-21(12-10-19)25-24(30)28-17-15-26(16-18-28)22(20-7-3-4-8-20)23(29)27-13-5-2-6-14-27/h9-12,20,22H,2-8,13-18H2,1H3,(H,25,30). The van der Waals surface area contributed by atoms with Crippen LogP contribution in [-0.4, -0.2) is 71.9 Å². The predicted molar refractivity (Wildman–Crippen MR) is 120 cm³/mol. The number of piperazine rings is 1. The fourth-order valence-corrected chi connectivity index (χ4v) is 5.27. The third kappa shape index (κ3) is 4.97. The summed E-state index contributed by atoms with van der Waals surface area (Å²) < 4.78 is 0. The van der Waals surface area contributed by atoms with E-state index in [-0.39, 0.29) is 12.1 Å². The van der Waals surface area contributed by atoms with Gasteiger partial charge in [0.25, 0.3) is 0 Å². The van der Waals surface area contributed by atoms with Gasteiger partial charge < -0.3 is 15.1 Å². The quantitative estimate of drug-likeness (QED) is 0.820. The number of nitrogens with zero attached hydrogens (tertiary/aromatic N) is 3. The SMILES string of the molecule is Cc1ccc(NC(=O)N2CCN(C(C(=O)N3CCCCC3)C3CCCC3)CC2)cc1. The molecule has 0 bridgehead atoms. The number of aryl methyl sites for hydroxylation is 1. The Labute approximate surface area is 180 Å². The summed E-state index contributed by atoms with van der Waals surface area (Å²) in [4.78, 5) is 32.5. The van der Waals surface area contributed by atoms with Crippen molar-refractivity contribution in [3.8, 4) is 0 Å². The molecular formula is C24H36N4O2. The molecule has 6 heteroatoms. The first-order chi connectivity index (χ1) is 14.6. The lowest BCUT2D eigenvalue weighted by molar-refractivity contribution is -0.140. The van der Waals surface area contributed by atoms with Gasteiger partial charge in [-0.15, -0.1) is 0 Å². The molecule has 0 aromatic heterocycles. The van der Waals surface area contributed by atoms with Crippen molar-refractivity contribution in [2.24, 2.45) is 5.92 Å². The molecule has 2 aliphatic heterocycles. The van der Waals surface area contributed by atoms with Gasteiger partial charge in [-0.3, -0.25) is 9.69 Å². The summed E-state index contributed by atoms with van der Waals surface area (Å²) in [5, 5.41) is 3.01. The Morgan fingerprint density at radius 3 is 2.10 bits per heavy atom. The lowest BCUT2D eigenvalue weighted by atomic mass is 9.93. The average molecular weight is 413 g/mol. The van der Waals surface area contributed by atoms with Crippen molar-refractivity contribution in [1.29, 1.82) is 0 Å². The number of amides is 3. The normalized spacial score (nSPS) is 22.2. The van der Waals surface area contributed by atoms with E-state index in [0.717, 1.165) is 44.7 Å². The van der Waals surface area contributed by atoms with Gasteiger partial charge in [0.15, 0.2) is 0 Å². The van der Waals surface area contributed by atoms with Crippen molar-refractivity contribution >= 4 is 17.6 Å². The highest BCUT2D eigenvalue weighted by molar-refractivity contribution is 5.89. The van der Waals surface area contributed by atoms with E-state index in [2.05, 4.69) is 15.1 Å². The Morgan fingerprint density at radius 1 is 0.833 bits per heavy atom. The summed E-state index contributed by atoms with van der Waals surface area (Å²) in [6.45, 7) is 6.78. The first-order valence-electron chi connectivity index (χ1n) is 11.8. The molecule has 4 rings (SSSR count). The molecule has 164 valence electrons. The largest absolute Gasteiger partial charge is 0.341 e. The van der Waals surface area contributed by atoms with Crippen LogP contribution in [0.25, 0.3) is 0 Å². The summed E-state index contributed by atoms with van der Waals surface area (Å²) in [5.41, 5.74) is 2.01. The number of anilines is 1. The number of piperidine rings is 1. The van der Waals surface area contributed by atoms with Gasteiger partial charge in [0, 0.05) is 45.0 Å². The molecule has 0 spiro atoms. The zero-order valence-electron chi connectivity index (χ0n) is 18.3. The van der Waals surface area contributed by atoms with Gasteiger partial charge in [-0.25, -0.2) is 4.79 Å². The second-order valence-electron chi connectivity index (χ2n) is 9.19. The minimum Gasteiger partial charge on any atom is -0.341 e. The number of benzene rings is 1. The molecular weight excluding hydrogens is 376 g/mol. The third-order valence-corrected chi connectivity index (χ3v) is 7.06. The van der Waals surface area contributed by atoms with E-state index in [4.69, 9.17) is 0 Å². The maximum Gasteiger partial charge on any atom is 0.321 e. The third-order valence-electron chi connectivity index (χ3n) is 7.06. The maximum absolute atomic E-state index is 13.5. The number of likely N-dealkylation sites (tertiary alicyclic amines) is 1. The van der Waals surface area contributed by atoms with E-state index in [0.29, 0.717) is 24.9 Å². The van der Waals surface area contributed by atoms with E-state index < -0.39 is 0 Å². The van der Waals surface area contributed by atoms with Crippen LogP contribution >= 0.6 is 0 Å². The minimum absolute atomic E-state index is 0.00732. The minimum atomic E-state index is -0.0433. The number of urea groups is 1. The van der Waals surface area contributed by atoms with Crippen LogP contribution in [0.4, 0.5) is 10.5 Å².